The molecule has 1 aliphatic heterocycles. The van der Waals surface area contributed by atoms with E-state index in [1.54, 1.807) is 54.6 Å². The number of rotatable bonds is 4. The number of amides is 2. The summed E-state index contributed by atoms with van der Waals surface area (Å²) in [6.45, 7) is 1.64. The number of anilines is 2. The highest BCUT2D eigenvalue weighted by atomic mass is 32.2. The largest absolute Gasteiger partial charge is 0.325 e. The van der Waals surface area contributed by atoms with E-state index in [0.717, 1.165) is 5.56 Å². The molecule has 4 rings (SSSR count). The number of para-hydroxylation sites is 1. The van der Waals surface area contributed by atoms with Crippen LogP contribution in [0.3, 0.4) is 0 Å². The van der Waals surface area contributed by atoms with Gasteiger partial charge in [-0.15, -0.1) is 0 Å². The van der Waals surface area contributed by atoms with Crippen molar-refractivity contribution in [3.05, 3.63) is 90.0 Å². The molecule has 1 N–H and O–H groups in total. The van der Waals surface area contributed by atoms with Crippen molar-refractivity contribution >= 4 is 33.0 Å². The summed E-state index contributed by atoms with van der Waals surface area (Å²) in [4.78, 5) is 27.2. The molecule has 1 atom stereocenters. The summed E-state index contributed by atoms with van der Waals surface area (Å²) in [5, 5.41) is 1.78. The second kappa shape index (κ2) is 8.35. The maximum absolute atomic E-state index is 13.5. The number of benzene rings is 3. The molecule has 6 nitrogen and oxygen atoms in total. The minimum absolute atomic E-state index is 0.0538. The monoisotopic (exact) mass is 434 g/mol. The van der Waals surface area contributed by atoms with Gasteiger partial charge in [-0.25, -0.2) is 8.42 Å². The Morgan fingerprint density at radius 2 is 1.71 bits per heavy atom. The Labute approximate surface area is 181 Å². The zero-order chi connectivity index (χ0) is 22.0. The number of hydrogen-bond donors (Lipinski definition) is 1. The summed E-state index contributed by atoms with van der Waals surface area (Å²) >= 11 is 0. The number of hydrogen-bond acceptors (Lipinski definition) is 4. The van der Waals surface area contributed by atoms with Crippen LogP contribution in [0, 0.1) is 6.92 Å². The zero-order valence-corrected chi connectivity index (χ0v) is 17.8. The first-order chi connectivity index (χ1) is 14.9. The molecule has 0 unspecified atom stereocenters. The van der Waals surface area contributed by atoms with Gasteiger partial charge in [0.15, 0.2) is 9.84 Å². The Morgan fingerprint density at radius 3 is 2.45 bits per heavy atom. The predicted octanol–water partition coefficient (Wildman–Crippen LogP) is 3.89. The first-order valence-electron chi connectivity index (χ1n) is 9.91. The molecule has 0 bridgehead atoms. The number of carbonyl (C=O) groups excluding carboxylic acids is 2. The number of carbonyl (C=O) groups is 2. The van der Waals surface area contributed by atoms with Gasteiger partial charge in [0.25, 0.3) is 0 Å². The molecule has 0 aromatic heterocycles. The minimum atomic E-state index is -3.83. The standard InChI is InChI=1S/C24H22N2O4S/c1-17-8-7-11-19(14-17)25-23(27)16-26-20-12-5-6-13-21(20)31(29,30)22(15-24(26)28)18-9-3-2-4-10-18/h2-14,22H,15-16H2,1H3,(H,25,27)/t22-/m1/s1. The molecular weight excluding hydrogens is 412 g/mol. The molecule has 1 aliphatic rings. The smallest absolute Gasteiger partial charge is 0.244 e. The number of nitrogens with one attached hydrogen (secondary N) is 1. The average Bonchev–Trinajstić information content (AvgIpc) is 2.83. The van der Waals surface area contributed by atoms with E-state index >= 15 is 0 Å². The van der Waals surface area contributed by atoms with Gasteiger partial charge in [-0.3, -0.25) is 9.59 Å². The third-order valence-electron chi connectivity index (χ3n) is 5.27. The molecule has 0 saturated heterocycles. The molecule has 1 heterocycles. The van der Waals surface area contributed by atoms with E-state index in [2.05, 4.69) is 5.32 Å². The molecule has 3 aromatic rings. The fourth-order valence-corrected chi connectivity index (χ4v) is 5.71. The van der Waals surface area contributed by atoms with Gasteiger partial charge in [0.05, 0.1) is 15.8 Å². The molecule has 31 heavy (non-hydrogen) atoms. The van der Waals surface area contributed by atoms with Crippen molar-refractivity contribution in [3.8, 4) is 0 Å². The van der Waals surface area contributed by atoms with E-state index < -0.39 is 26.9 Å². The second-order valence-electron chi connectivity index (χ2n) is 7.51. The molecule has 0 fully saturated rings. The highest BCUT2D eigenvalue weighted by Crippen LogP contribution is 2.40. The van der Waals surface area contributed by atoms with Crippen LogP contribution >= 0.6 is 0 Å². The highest BCUT2D eigenvalue weighted by molar-refractivity contribution is 7.92. The summed E-state index contributed by atoms with van der Waals surface area (Å²) in [5.74, 6) is -0.814. The van der Waals surface area contributed by atoms with Crippen LogP contribution in [0.15, 0.2) is 83.8 Å². The van der Waals surface area contributed by atoms with Gasteiger partial charge in [-0.1, -0.05) is 54.6 Å². The first-order valence-corrected chi connectivity index (χ1v) is 11.5. The summed E-state index contributed by atoms with van der Waals surface area (Å²) in [6, 6.07) is 22.4. The van der Waals surface area contributed by atoms with E-state index in [0.29, 0.717) is 11.3 Å². The topological polar surface area (TPSA) is 83.6 Å². The van der Waals surface area contributed by atoms with E-state index in [4.69, 9.17) is 0 Å². The Hall–Kier alpha value is -3.45. The van der Waals surface area contributed by atoms with Gasteiger partial charge in [-0.2, -0.15) is 0 Å². The first kappa shape index (κ1) is 20.8. The fourth-order valence-electron chi connectivity index (χ4n) is 3.79. The summed E-state index contributed by atoms with van der Waals surface area (Å²) in [6.07, 6.45) is -0.237. The van der Waals surface area contributed by atoms with Gasteiger partial charge < -0.3 is 10.2 Å². The minimum Gasteiger partial charge on any atom is -0.325 e. The van der Waals surface area contributed by atoms with Crippen molar-refractivity contribution in [1.82, 2.24) is 0 Å². The lowest BCUT2D eigenvalue weighted by Gasteiger charge is -2.22. The van der Waals surface area contributed by atoms with Crippen LogP contribution in [0.1, 0.15) is 22.8 Å². The summed E-state index contributed by atoms with van der Waals surface area (Å²) in [5.41, 5.74) is 2.39. The van der Waals surface area contributed by atoms with Gasteiger partial charge in [0, 0.05) is 12.1 Å². The van der Waals surface area contributed by atoms with Gasteiger partial charge >= 0.3 is 0 Å². The molecule has 158 valence electrons. The van der Waals surface area contributed by atoms with E-state index in [1.807, 2.05) is 25.1 Å². The lowest BCUT2D eigenvalue weighted by atomic mass is 10.1. The van der Waals surface area contributed by atoms with E-state index in [-0.39, 0.29) is 23.5 Å². The van der Waals surface area contributed by atoms with Crippen molar-refractivity contribution in [2.45, 2.75) is 23.5 Å². The second-order valence-corrected chi connectivity index (χ2v) is 9.61. The quantitative estimate of drug-likeness (QED) is 0.675. The van der Waals surface area contributed by atoms with Crippen LogP contribution in [0.2, 0.25) is 0 Å². The van der Waals surface area contributed by atoms with Crippen molar-refractivity contribution in [1.29, 1.82) is 0 Å². The maximum Gasteiger partial charge on any atom is 0.244 e. The number of fused-ring (bicyclic) bond motifs is 1. The number of aryl methyl sites for hydroxylation is 1. The van der Waals surface area contributed by atoms with Crippen LogP contribution in [-0.2, 0) is 19.4 Å². The third-order valence-corrected chi connectivity index (χ3v) is 7.42. The maximum atomic E-state index is 13.5. The third kappa shape index (κ3) is 4.22. The van der Waals surface area contributed by atoms with Gasteiger partial charge in [0.1, 0.15) is 6.54 Å². The number of sulfone groups is 1. The molecule has 3 aromatic carbocycles. The number of nitrogens with zero attached hydrogens (tertiary/aromatic N) is 1. The summed E-state index contributed by atoms with van der Waals surface area (Å²) in [7, 11) is -3.83. The van der Waals surface area contributed by atoms with Crippen LogP contribution < -0.4 is 10.2 Å². The van der Waals surface area contributed by atoms with E-state index in [1.165, 1.54) is 11.0 Å². The lowest BCUT2D eigenvalue weighted by Crippen LogP contribution is -2.38. The Bertz CT molecular complexity index is 1240. The highest BCUT2D eigenvalue weighted by Gasteiger charge is 2.39. The Morgan fingerprint density at radius 1 is 1.00 bits per heavy atom. The molecule has 0 aliphatic carbocycles. The Balaban J connectivity index is 1.69. The van der Waals surface area contributed by atoms with E-state index in [9.17, 15) is 18.0 Å². The van der Waals surface area contributed by atoms with Crippen LogP contribution in [0.4, 0.5) is 11.4 Å². The van der Waals surface area contributed by atoms with Crippen molar-refractivity contribution in [2.24, 2.45) is 0 Å². The van der Waals surface area contributed by atoms with Gasteiger partial charge in [0.2, 0.25) is 11.8 Å². The molecular formula is C24H22N2O4S. The van der Waals surface area contributed by atoms with Crippen molar-refractivity contribution < 1.29 is 18.0 Å². The SMILES string of the molecule is Cc1cccc(NC(=O)CN2C(=O)C[C@H](c3ccccc3)S(=O)(=O)c3ccccc32)c1. The molecule has 0 spiro atoms. The lowest BCUT2D eigenvalue weighted by molar-refractivity contribution is -0.121. The normalized spacial score (nSPS) is 17.5. The fraction of sp³-hybridized carbons (Fsp3) is 0.167. The molecule has 2 amide bonds. The van der Waals surface area contributed by atoms with Crippen LogP contribution in [-0.4, -0.2) is 26.8 Å². The van der Waals surface area contributed by atoms with Crippen molar-refractivity contribution in [2.75, 3.05) is 16.8 Å². The molecule has 0 saturated carbocycles. The van der Waals surface area contributed by atoms with Crippen molar-refractivity contribution in [3.63, 3.8) is 0 Å². The molecule has 0 radical (unpaired) electrons. The summed E-state index contributed by atoms with van der Waals surface area (Å²) < 4.78 is 26.9. The average molecular weight is 435 g/mol. The zero-order valence-electron chi connectivity index (χ0n) is 17.0. The molecule has 7 heteroatoms. The van der Waals surface area contributed by atoms with Gasteiger partial charge in [-0.05, 0) is 42.3 Å². The Kier molecular flexibility index (Phi) is 5.61. The van der Waals surface area contributed by atoms with Crippen LogP contribution in [0.5, 0.6) is 0 Å². The van der Waals surface area contributed by atoms with Crippen LogP contribution in [0.25, 0.3) is 0 Å². The predicted molar refractivity (Wildman–Crippen MR) is 120 cm³/mol.